The zero-order chi connectivity index (χ0) is 16.2. The summed E-state index contributed by atoms with van der Waals surface area (Å²) in [5.41, 5.74) is -1.37. The lowest BCUT2D eigenvalue weighted by molar-refractivity contribution is -0.140. The molecule has 0 aliphatic heterocycles. The van der Waals surface area contributed by atoms with Crippen LogP contribution in [-0.4, -0.2) is 36.9 Å². The van der Waals surface area contributed by atoms with Crippen molar-refractivity contribution in [3.8, 4) is 0 Å². The first kappa shape index (κ1) is 16.7. The van der Waals surface area contributed by atoms with E-state index in [-0.39, 0.29) is 6.07 Å². The molecule has 21 heavy (non-hydrogen) atoms. The fourth-order valence-electron chi connectivity index (χ4n) is 1.33. The van der Waals surface area contributed by atoms with Crippen LogP contribution in [0.2, 0.25) is 0 Å². The van der Waals surface area contributed by atoms with Crippen molar-refractivity contribution in [1.29, 1.82) is 0 Å². The van der Waals surface area contributed by atoms with E-state index in [1.165, 1.54) is 5.32 Å². The summed E-state index contributed by atoms with van der Waals surface area (Å²) in [7, 11) is 1.16. The molecule has 0 aromatic heterocycles. The Labute approximate surface area is 115 Å². The number of ether oxygens (including phenoxy) is 1. The Morgan fingerprint density at radius 2 is 1.76 bits per heavy atom. The van der Waals surface area contributed by atoms with Crippen LogP contribution in [-0.2, 0) is 9.53 Å². The number of anilines is 1. The second-order valence-corrected chi connectivity index (χ2v) is 3.79. The Morgan fingerprint density at radius 1 is 1.24 bits per heavy atom. The minimum absolute atomic E-state index is 0.0290. The first-order chi connectivity index (χ1) is 9.77. The van der Waals surface area contributed by atoms with Crippen LogP contribution in [0.5, 0.6) is 0 Å². The summed E-state index contributed by atoms with van der Waals surface area (Å²) in [4.78, 5) is 22.1. The number of aliphatic carboxylic acids is 1. The molecule has 0 fully saturated rings. The Kier molecular flexibility index (Phi) is 5.47. The molecular weight excluding hydrogens is 300 g/mol. The topological polar surface area (TPSA) is 87.7 Å². The van der Waals surface area contributed by atoms with Crippen molar-refractivity contribution in [3.63, 3.8) is 0 Å². The summed E-state index contributed by atoms with van der Waals surface area (Å²) < 4.78 is 56.9. The maximum atomic E-state index is 13.3. The molecule has 0 spiro atoms. The van der Waals surface area contributed by atoms with E-state index < -0.39 is 53.6 Å². The molecule has 6 nitrogen and oxygen atoms in total. The van der Waals surface area contributed by atoms with Gasteiger partial charge in [0.25, 0.3) is 0 Å². The van der Waals surface area contributed by atoms with Gasteiger partial charge in [-0.2, -0.15) is 0 Å². The average Bonchev–Trinajstić information content (AvgIpc) is 2.41. The molecule has 1 unspecified atom stereocenters. The van der Waals surface area contributed by atoms with Crippen molar-refractivity contribution < 1.29 is 37.0 Å². The standard InChI is InChI=1S/C11H10F4N2O4/c1-21-3-6(10(18)19)16-11(20)17-9-7(14)4(12)2-5(13)8(9)15/h2,6H,3H2,1H3,(H,18,19)(H2,16,17,20). The average molecular weight is 310 g/mol. The highest BCUT2D eigenvalue weighted by Crippen LogP contribution is 2.23. The van der Waals surface area contributed by atoms with Crippen LogP contribution in [0.1, 0.15) is 0 Å². The van der Waals surface area contributed by atoms with Gasteiger partial charge in [0.1, 0.15) is 5.69 Å². The molecule has 1 aromatic carbocycles. The van der Waals surface area contributed by atoms with Crippen LogP contribution in [0, 0.1) is 23.3 Å². The molecule has 1 atom stereocenters. The van der Waals surface area contributed by atoms with Gasteiger partial charge in [0.15, 0.2) is 29.3 Å². The van der Waals surface area contributed by atoms with Gasteiger partial charge in [0, 0.05) is 13.2 Å². The van der Waals surface area contributed by atoms with E-state index in [0.717, 1.165) is 7.11 Å². The van der Waals surface area contributed by atoms with E-state index in [1.807, 2.05) is 0 Å². The first-order valence-electron chi connectivity index (χ1n) is 5.40. The van der Waals surface area contributed by atoms with Gasteiger partial charge in [-0.3, -0.25) is 0 Å². The number of methoxy groups -OCH3 is 1. The lowest BCUT2D eigenvalue weighted by atomic mass is 10.2. The van der Waals surface area contributed by atoms with E-state index >= 15 is 0 Å². The SMILES string of the molecule is COCC(NC(=O)Nc1c(F)c(F)cc(F)c1F)C(=O)O. The molecule has 0 aliphatic carbocycles. The minimum Gasteiger partial charge on any atom is -0.480 e. The van der Waals surface area contributed by atoms with Crippen molar-refractivity contribution in [3.05, 3.63) is 29.3 Å². The number of urea groups is 1. The van der Waals surface area contributed by atoms with Gasteiger partial charge >= 0.3 is 12.0 Å². The van der Waals surface area contributed by atoms with Crippen LogP contribution in [0.3, 0.4) is 0 Å². The highest BCUT2D eigenvalue weighted by Gasteiger charge is 2.24. The van der Waals surface area contributed by atoms with Crippen molar-refractivity contribution in [2.24, 2.45) is 0 Å². The summed E-state index contributed by atoms with van der Waals surface area (Å²) in [5.74, 6) is -8.53. The Hall–Kier alpha value is -2.36. The first-order valence-corrected chi connectivity index (χ1v) is 5.40. The fraction of sp³-hybridized carbons (Fsp3) is 0.273. The number of rotatable bonds is 5. The van der Waals surface area contributed by atoms with Gasteiger partial charge in [-0.25, -0.2) is 27.2 Å². The largest absolute Gasteiger partial charge is 0.480 e. The maximum Gasteiger partial charge on any atom is 0.328 e. The predicted molar refractivity (Wildman–Crippen MR) is 61.7 cm³/mol. The third-order valence-electron chi connectivity index (χ3n) is 2.29. The third kappa shape index (κ3) is 4.05. The monoisotopic (exact) mass is 310 g/mol. The van der Waals surface area contributed by atoms with E-state index in [2.05, 4.69) is 4.74 Å². The number of carboxylic acids is 1. The number of carbonyl (C=O) groups is 2. The third-order valence-corrected chi connectivity index (χ3v) is 2.29. The van der Waals surface area contributed by atoms with Gasteiger partial charge in [0.2, 0.25) is 0 Å². The number of benzene rings is 1. The minimum atomic E-state index is -1.82. The second-order valence-electron chi connectivity index (χ2n) is 3.79. The molecule has 2 amide bonds. The normalized spacial score (nSPS) is 11.9. The van der Waals surface area contributed by atoms with Crippen molar-refractivity contribution >= 4 is 17.7 Å². The van der Waals surface area contributed by atoms with Gasteiger partial charge in [-0.15, -0.1) is 0 Å². The van der Waals surface area contributed by atoms with Gasteiger partial charge in [-0.1, -0.05) is 0 Å². The molecule has 0 bridgehead atoms. The van der Waals surface area contributed by atoms with Crippen LogP contribution < -0.4 is 10.6 Å². The number of halogens is 4. The number of amides is 2. The maximum absolute atomic E-state index is 13.3. The van der Waals surface area contributed by atoms with Crippen molar-refractivity contribution in [2.45, 2.75) is 6.04 Å². The van der Waals surface area contributed by atoms with Crippen LogP contribution in [0.15, 0.2) is 6.07 Å². The summed E-state index contributed by atoms with van der Waals surface area (Å²) >= 11 is 0. The van der Waals surface area contributed by atoms with E-state index in [9.17, 15) is 27.2 Å². The molecule has 0 heterocycles. The number of carbonyl (C=O) groups excluding carboxylic acids is 1. The molecule has 0 saturated heterocycles. The molecule has 1 rings (SSSR count). The molecule has 0 saturated carbocycles. The zero-order valence-electron chi connectivity index (χ0n) is 10.5. The number of carboxylic acid groups (broad SMARTS) is 1. The Bertz CT molecular complexity index is 541. The smallest absolute Gasteiger partial charge is 0.328 e. The van der Waals surface area contributed by atoms with Gasteiger partial charge in [0.05, 0.1) is 6.61 Å². The van der Waals surface area contributed by atoms with Gasteiger partial charge < -0.3 is 20.5 Å². The second kappa shape index (κ2) is 6.88. The fourth-order valence-corrected chi connectivity index (χ4v) is 1.33. The zero-order valence-corrected chi connectivity index (χ0v) is 10.5. The molecule has 1 aromatic rings. The Morgan fingerprint density at radius 3 is 2.19 bits per heavy atom. The van der Waals surface area contributed by atoms with Crippen LogP contribution in [0.4, 0.5) is 28.0 Å². The van der Waals surface area contributed by atoms with Crippen molar-refractivity contribution in [1.82, 2.24) is 5.32 Å². The van der Waals surface area contributed by atoms with Crippen LogP contribution >= 0.6 is 0 Å². The van der Waals surface area contributed by atoms with Crippen LogP contribution in [0.25, 0.3) is 0 Å². The molecule has 10 heteroatoms. The number of hydrogen-bond donors (Lipinski definition) is 3. The van der Waals surface area contributed by atoms with Gasteiger partial charge in [-0.05, 0) is 0 Å². The lowest BCUT2D eigenvalue weighted by Gasteiger charge is -2.15. The van der Waals surface area contributed by atoms with Crippen molar-refractivity contribution in [2.75, 3.05) is 19.0 Å². The van der Waals surface area contributed by atoms with E-state index in [4.69, 9.17) is 5.11 Å². The Balaban J connectivity index is 2.91. The number of hydrogen-bond acceptors (Lipinski definition) is 3. The lowest BCUT2D eigenvalue weighted by Crippen LogP contribution is -2.45. The summed E-state index contributed by atoms with van der Waals surface area (Å²) in [5, 5.41) is 12.0. The summed E-state index contributed by atoms with van der Waals surface area (Å²) in [6.07, 6.45) is 0. The summed E-state index contributed by atoms with van der Waals surface area (Å²) in [6.45, 7) is -0.425. The van der Waals surface area contributed by atoms with E-state index in [0.29, 0.717) is 0 Å². The molecule has 116 valence electrons. The van der Waals surface area contributed by atoms with E-state index in [1.54, 1.807) is 5.32 Å². The number of nitrogens with one attached hydrogen (secondary N) is 2. The summed E-state index contributed by atoms with van der Waals surface area (Å²) in [6, 6.07) is -2.92. The highest BCUT2D eigenvalue weighted by atomic mass is 19.2. The molecule has 0 radical (unpaired) electrons. The predicted octanol–water partition coefficient (Wildman–Crippen LogP) is 1.46. The highest BCUT2D eigenvalue weighted by molar-refractivity contribution is 5.92. The molecular formula is C11H10F4N2O4. The molecule has 0 aliphatic rings. The quantitative estimate of drug-likeness (QED) is 0.567. The molecule has 3 N–H and O–H groups in total.